The van der Waals surface area contributed by atoms with Crippen LogP contribution in [0.25, 0.3) is 0 Å². The van der Waals surface area contributed by atoms with E-state index in [1.165, 1.54) is 6.07 Å². The van der Waals surface area contributed by atoms with Gasteiger partial charge in [-0.15, -0.1) is 0 Å². The Kier molecular flexibility index (Phi) is 4.95. The third kappa shape index (κ3) is 3.96. The number of carboxylic acid groups (broad SMARTS) is 1. The second-order valence-electron chi connectivity index (χ2n) is 4.59. The number of aromatic carboxylic acids is 1. The summed E-state index contributed by atoms with van der Waals surface area (Å²) < 4.78 is 5.54. The zero-order chi connectivity index (χ0) is 14.4. The molecule has 0 aromatic heterocycles. The van der Waals surface area contributed by atoms with E-state index in [0.29, 0.717) is 38.4 Å². The number of carboxylic acids is 1. The van der Waals surface area contributed by atoms with Gasteiger partial charge in [-0.2, -0.15) is 0 Å². The third-order valence-corrected chi connectivity index (χ3v) is 3.19. The topological polar surface area (TPSA) is 78.9 Å². The van der Waals surface area contributed by atoms with E-state index in [-0.39, 0.29) is 11.5 Å². The van der Waals surface area contributed by atoms with Gasteiger partial charge in [-0.05, 0) is 12.1 Å². The van der Waals surface area contributed by atoms with Crippen molar-refractivity contribution in [2.75, 3.05) is 32.8 Å². The fraction of sp³-hybridized carbons (Fsp3) is 0.429. The molecule has 0 bridgehead atoms. The lowest BCUT2D eigenvalue weighted by Crippen LogP contribution is -2.32. The maximum Gasteiger partial charge on any atom is 0.339 e. The van der Waals surface area contributed by atoms with Gasteiger partial charge in [-0.1, -0.05) is 12.1 Å². The number of amides is 1. The lowest BCUT2D eigenvalue weighted by atomic mass is 10.2. The maximum atomic E-state index is 11.2. The molecule has 1 aliphatic rings. The van der Waals surface area contributed by atoms with Crippen molar-refractivity contribution < 1.29 is 19.4 Å². The van der Waals surface area contributed by atoms with E-state index in [9.17, 15) is 9.59 Å². The Hall–Kier alpha value is -2.08. The number of carbonyl (C=O) groups is 2. The predicted molar refractivity (Wildman–Crippen MR) is 73.0 cm³/mol. The second-order valence-corrected chi connectivity index (χ2v) is 4.59. The van der Waals surface area contributed by atoms with Gasteiger partial charge in [-0.3, -0.25) is 9.69 Å². The normalized spacial score (nSPS) is 16.3. The quantitative estimate of drug-likeness (QED) is 0.824. The van der Waals surface area contributed by atoms with Gasteiger partial charge in [0, 0.05) is 32.6 Å². The van der Waals surface area contributed by atoms with Gasteiger partial charge in [0.05, 0.1) is 0 Å². The van der Waals surface area contributed by atoms with Gasteiger partial charge in [0.15, 0.2) is 0 Å². The second kappa shape index (κ2) is 6.91. The van der Waals surface area contributed by atoms with Crippen molar-refractivity contribution in [1.82, 2.24) is 10.2 Å². The zero-order valence-electron chi connectivity index (χ0n) is 11.2. The van der Waals surface area contributed by atoms with Gasteiger partial charge in [0.1, 0.15) is 17.9 Å². The highest BCUT2D eigenvalue weighted by molar-refractivity contribution is 5.90. The molecule has 0 saturated carbocycles. The molecule has 1 aliphatic heterocycles. The molecule has 108 valence electrons. The molecule has 1 saturated heterocycles. The van der Waals surface area contributed by atoms with Gasteiger partial charge in [-0.25, -0.2) is 4.79 Å². The van der Waals surface area contributed by atoms with E-state index < -0.39 is 5.97 Å². The van der Waals surface area contributed by atoms with Crippen molar-refractivity contribution in [1.29, 1.82) is 0 Å². The SMILES string of the molecule is O=C1CCN(CCOc2ccccc2C(=O)O)CCN1. The Bertz CT molecular complexity index is 490. The fourth-order valence-corrected chi connectivity index (χ4v) is 2.09. The number of carbonyl (C=O) groups excluding carboxylic acids is 1. The van der Waals surface area contributed by atoms with Crippen LogP contribution >= 0.6 is 0 Å². The molecule has 0 unspecified atom stereocenters. The monoisotopic (exact) mass is 278 g/mol. The van der Waals surface area contributed by atoms with Crippen molar-refractivity contribution in [2.24, 2.45) is 0 Å². The van der Waals surface area contributed by atoms with Crippen molar-refractivity contribution in [3.8, 4) is 5.75 Å². The number of rotatable bonds is 5. The predicted octanol–water partition coefficient (Wildman–Crippen LogP) is 0.585. The van der Waals surface area contributed by atoms with E-state index in [2.05, 4.69) is 10.2 Å². The first-order chi connectivity index (χ1) is 9.66. The van der Waals surface area contributed by atoms with Crippen LogP contribution in [0.5, 0.6) is 5.75 Å². The summed E-state index contributed by atoms with van der Waals surface area (Å²) in [5, 5.41) is 11.9. The molecule has 0 aliphatic carbocycles. The average molecular weight is 278 g/mol. The Morgan fingerprint density at radius 2 is 2.15 bits per heavy atom. The summed E-state index contributed by atoms with van der Waals surface area (Å²) in [4.78, 5) is 24.4. The molecule has 1 aromatic carbocycles. The van der Waals surface area contributed by atoms with E-state index in [1.807, 2.05) is 0 Å². The molecule has 1 fully saturated rings. The van der Waals surface area contributed by atoms with Crippen LogP contribution in [0.1, 0.15) is 16.8 Å². The molecule has 1 aromatic rings. The molecule has 0 spiro atoms. The molecule has 6 nitrogen and oxygen atoms in total. The summed E-state index contributed by atoms with van der Waals surface area (Å²) in [5.41, 5.74) is 0.167. The summed E-state index contributed by atoms with van der Waals surface area (Å²) in [6.07, 6.45) is 0.492. The number of ether oxygens (including phenoxy) is 1. The third-order valence-electron chi connectivity index (χ3n) is 3.19. The number of nitrogens with zero attached hydrogens (tertiary/aromatic N) is 1. The lowest BCUT2D eigenvalue weighted by Gasteiger charge is -2.19. The van der Waals surface area contributed by atoms with Crippen molar-refractivity contribution in [3.63, 3.8) is 0 Å². The van der Waals surface area contributed by atoms with Crippen LogP contribution in [0.15, 0.2) is 24.3 Å². The summed E-state index contributed by atoms with van der Waals surface area (Å²) >= 11 is 0. The van der Waals surface area contributed by atoms with Crippen LogP contribution in [0.2, 0.25) is 0 Å². The van der Waals surface area contributed by atoms with Crippen molar-refractivity contribution >= 4 is 11.9 Å². The first kappa shape index (κ1) is 14.3. The molecular formula is C14H18N2O4. The minimum Gasteiger partial charge on any atom is -0.491 e. The minimum atomic E-state index is -0.995. The van der Waals surface area contributed by atoms with Crippen LogP contribution in [-0.4, -0.2) is 54.7 Å². The standard InChI is InChI=1S/C14H18N2O4/c17-13-5-7-16(8-6-15-13)9-10-20-12-4-2-1-3-11(12)14(18)19/h1-4H,5-10H2,(H,15,17)(H,18,19). The zero-order valence-corrected chi connectivity index (χ0v) is 11.2. The first-order valence-electron chi connectivity index (χ1n) is 6.61. The number of benzene rings is 1. The largest absolute Gasteiger partial charge is 0.491 e. The van der Waals surface area contributed by atoms with Crippen LogP contribution in [0.3, 0.4) is 0 Å². The Morgan fingerprint density at radius 1 is 1.35 bits per heavy atom. The van der Waals surface area contributed by atoms with E-state index in [0.717, 1.165) is 6.54 Å². The Balaban J connectivity index is 1.84. The molecule has 6 heteroatoms. The number of hydrogen-bond donors (Lipinski definition) is 2. The van der Waals surface area contributed by atoms with E-state index in [4.69, 9.17) is 9.84 Å². The molecule has 20 heavy (non-hydrogen) atoms. The van der Waals surface area contributed by atoms with Crippen LogP contribution in [0.4, 0.5) is 0 Å². The van der Waals surface area contributed by atoms with Crippen LogP contribution < -0.4 is 10.1 Å². The summed E-state index contributed by atoms with van der Waals surface area (Å²) in [6, 6.07) is 6.59. The first-order valence-corrected chi connectivity index (χ1v) is 6.61. The van der Waals surface area contributed by atoms with Gasteiger partial charge in [0.25, 0.3) is 0 Å². The summed E-state index contributed by atoms with van der Waals surface area (Å²) in [5.74, 6) is -0.543. The maximum absolute atomic E-state index is 11.2. The molecule has 0 atom stereocenters. The average Bonchev–Trinajstić information content (AvgIpc) is 2.64. The van der Waals surface area contributed by atoms with Gasteiger partial charge < -0.3 is 15.2 Å². The summed E-state index contributed by atoms with van der Waals surface area (Å²) in [6.45, 7) is 3.21. The fourth-order valence-electron chi connectivity index (χ4n) is 2.09. The molecule has 2 N–H and O–H groups in total. The highest BCUT2D eigenvalue weighted by Gasteiger charge is 2.14. The van der Waals surface area contributed by atoms with E-state index in [1.54, 1.807) is 18.2 Å². The van der Waals surface area contributed by atoms with Crippen LogP contribution in [-0.2, 0) is 4.79 Å². The molecule has 2 rings (SSSR count). The number of hydrogen-bond acceptors (Lipinski definition) is 4. The molecule has 1 heterocycles. The summed E-state index contributed by atoms with van der Waals surface area (Å²) in [7, 11) is 0. The lowest BCUT2D eigenvalue weighted by molar-refractivity contribution is -0.120. The Labute approximate surface area is 117 Å². The molecule has 1 amide bonds. The highest BCUT2D eigenvalue weighted by atomic mass is 16.5. The van der Waals surface area contributed by atoms with Crippen molar-refractivity contribution in [2.45, 2.75) is 6.42 Å². The van der Waals surface area contributed by atoms with Crippen LogP contribution in [0, 0.1) is 0 Å². The van der Waals surface area contributed by atoms with Crippen molar-refractivity contribution in [3.05, 3.63) is 29.8 Å². The molecule has 0 radical (unpaired) electrons. The van der Waals surface area contributed by atoms with Gasteiger partial charge in [0.2, 0.25) is 5.91 Å². The smallest absolute Gasteiger partial charge is 0.339 e. The number of para-hydroxylation sites is 1. The highest BCUT2D eigenvalue weighted by Crippen LogP contribution is 2.17. The minimum absolute atomic E-state index is 0.0737. The van der Waals surface area contributed by atoms with Gasteiger partial charge >= 0.3 is 5.97 Å². The van der Waals surface area contributed by atoms with E-state index >= 15 is 0 Å². The molecular weight excluding hydrogens is 260 g/mol. The number of nitrogens with one attached hydrogen (secondary N) is 1. The Morgan fingerprint density at radius 3 is 2.95 bits per heavy atom.